The number of aromatic nitrogens is 2. The van der Waals surface area contributed by atoms with Crippen LogP contribution in [0, 0.1) is 0 Å². The maximum atomic E-state index is 5.84. The highest BCUT2D eigenvalue weighted by Gasteiger charge is 2.17. The highest BCUT2D eigenvalue weighted by Crippen LogP contribution is 2.36. The maximum Gasteiger partial charge on any atom is 0.231 e. The first-order valence-corrected chi connectivity index (χ1v) is 9.22. The molecule has 0 atom stereocenters. The van der Waals surface area contributed by atoms with E-state index in [1.165, 1.54) is 5.56 Å². The second kappa shape index (κ2) is 8.24. The first-order chi connectivity index (χ1) is 13.3. The van der Waals surface area contributed by atoms with Gasteiger partial charge in [-0.2, -0.15) is 5.10 Å². The number of hydrogen-bond acceptors (Lipinski definition) is 5. The zero-order chi connectivity index (χ0) is 18.5. The molecule has 6 heteroatoms. The van der Waals surface area contributed by atoms with Crippen molar-refractivity contribution in [3.05, 3.63) is 65.9 Å². The molecule has 0 saturated carbocycles. The smallest absolute Gasteiger partial charge is 0.231 e. The molecule has 0 amide bonds. The molecule has 0 fully saturated rings. The Hall–Kier alpha value is -2.83. The standard InChI is InChI=1S/C21H24N4O2/c22-9-11-25(10-8-16-4-2-1-3-5-16)14-18-13-23-24-21(18)17-6-7-19-20(12-17)27-15-26-19/h1-7,12-13H,8-11,14-15,22H2,(H,23,24). The van der Waals surface area contributed by atoms with Gasteiger partial charge in [-0.1, -0.05) is 30.3 Å². The van der Waals surface area contributed by atoms with E-state index in [1.807, 2.05) is 30.5 Å². The molecule has 27 heavy (non-hydrogen) atoms. The molecule has 1 aliphatic rings. The molecule has 2 aromatic carbocycles. The number of nitrogens with one attached hydrogen (secondary N) is 1. The molecule has 0 unspecified atom stereocenters. The second-order valence-electron chi connectivity index (χ2n) is 6.64. The molecular weight excluding hydrogens is 340 g/mol. The van der Waals surface area contributed by atoms with Gasteiger partial charge >= 0.3 is 0 Å². The number of ether oxygens (including phenoxy) is 2. The summed E-state index contributed by atoms with van der Waals surface area (Å²) in [5.41, 5.74) is 10.4. The van der Waals surface area contributed by atoms with Crippen LogP contribution in [0.25, 0.3) is 11.3 Å². The van der Waals surface area contributed by atoms with Gasteiger partial charge in [0.05, 0.1) is 11.9 Å². The molecule has 0 bridgehead atoms. The molecule has 140 valence electrons. The van der Waals surface area contributed by atoms with Gasteiger partial charge in [0.15, 0.2) is 11.5 Å². The Kier molecular flexibility index (Phi) is 5.37. The molecule has 0 spiro atoms. The van der Waals surface area contributed by atoms with Gasteiger partial charge in [0.1, 0.15) is 0 Å². The summed E-state index contributed by atoms with van der Waals surface area (Å²) >= 11 is 0. The summed E-state index contributed by atoms with van der Waals surface area (Å²) in [4.78, 5) is 2.37. The maximum absolute atomic E-state index is 5.84. The summed E-state index contributed by atoms with van der Waals surface area (Å²) in [5, 5.41) is 7.40. The van der Waals surface area contributed by atoms with Gasteiger partial charge < -0.3 is 15.2 Å². The van der Waals surface area contributed by atoms with Crippen LogP contribution in [0.15, 0.2) is 54.7 Å². The first kappa shape index (κ1) is 17.6. The average molecular weight is 364 g/mol. The Bertz CT molecular complexity index is 879. The highest BCUT2D eigenvalue weighted by atomic mass is 16.7. The number of rotatable bonds is 8. The highest BCUT2D eigenvalue weighted by molar-refractivity contribution is 5.66. The lowest BCUT2D eigenvalue weighted by Crippen LogP contribution is -2.31. The molecule has 4 rings (SSSR count). The third kappa shape index (κ3) is 4.13. The van der Waals surface area contributed by atoms with Crippen LogP contribution >= 0.6 is 0 Å². The Morgan fingerprint density at radius 2 is 1.89 bits per heavy atom. The van der Waals surface area contributed by atoms with Crippen molar-refractivity contribution in [2.75, 3.05) is 26.4 Å². The molecule has 3 N–H and O–H groups in total. The van der Waals surface area contributed by atoms with Crippen molar-refractivity contribution < 1.29 is 9.47 Å². The van der Waals surface area contributed by atoms with E-state index in [1.54, 1.807) is 0 Å². The predicted octanol–water partition coefficient (Wildman–Crippen LogP) is 2.81. The molecule has 2 heterocycles. The topological polar surface area (TPSA) is 76.4 Å². The Balaban J connectivity index is 1.48. The molecule has 0 aliphatic carbocycles. The number of hydrogen-bond donors (Lipinski definition) is 2. The summed E-state index contributed by atoms with van der Waals surface area (Å²) in [7, 11) is 0. The van der Waals surface area contributed by atoms with Crippen molar-refractivity contribution in [1.29, 1.82) is 0 Å². The van der Waals surface area contributed by atoms with Crippen LogP contribution in [-0.4, -0.2) is 41.5 Å². The van der Waals surface area contributed by atoms with Crippen LogP contribution < -0.4 is 15.2 Å². The SMILES string of the molecule is NCCN(CCc1ccccc1)Cc1cn[nH]c1-c1ccc2c(c1)OCO2. The summed E-state index contributed by atoms with van der Waals surface area (Å²) in [6.07, 6.45) is 2.89. The van der Waals surface area contributed by atoms with E-state index in [9.17, 15) is 0 Å². The quantitative estimate of drug-likeness (QED) is 0.643. The van der Waals surface area contributed by atoms with E-state index in [2.05, 4.69) is 39.4 Å². The number of fused-ring (bicyclic) bond motifs is 1. The van der Waals surface area contributed by atoms with Crippen LogP contribution in [0.4, 0.5) is 0 Å². The van der Waals surface area contributed by atoms with Crippen molar-refractivity contribution in [2.45, 2.75) is 13.0 Å². The van der Waals surface area contributed by atoms with E-state index in [0.717, 1.165) is 54.4 Å². The minimum atomic E-state index is 0.276. The predicted molar refractivity (Wildman–Crippen MR) is 105 cm³/mol. The number of benzene rings is 2. The molecule has 6 nitrogen and oxygen atoms in total. The molecule has 1 aliphatic heterocycles. The van der Waals surface area contributed by atoms with Crippen LogP contribution in [0.2, 0.25) is 0 Å². The Labute approximate surface area is 158 Å². The number of H-pyrrole nitrogens is 1. The summed E-state index contributed by atoms with van der Waals surface area (Å²) in [6.45, 7) is 3.50. The second-order valence-corrected chi connectivity index (χ2v) is 6.64. The minimum absolute atomic E-state index is 0.276. The van der Waals surface area contributed by atoms with Crippen molar-refractivity contribution >= 4 is 0 Å². The average Bonchev–Trinajstić information content (AvgIpc) is 3.35. The van der Waals surface area contributed by atoms with Crippen LogP contribution in [0.1, 0.15) is 11.1 Å². The Morgan fingerprint density at radius 3 is 2.74 bits per heavy atom. The third-order valence-corrected chi connectivity index (χ3v) is 4.78. The van der Waals surface area contributed by atoms with Gasteiger partial charge in [-0.15, -0.1) is 0 Å². The normalized spacial score (nSPS) is 12.7. The van der Waals surface area contributed by atoms with Crippen LogP contribution in [0.3, 0.4) is 0 Å². The van der Waals surface area contributed by atoms with Crippen molar-refractivity contribution in [3.8, 4) is 22.8 Å². The summed E-state index contributed by atoms with van der Waals surface area (Å²) in [5.74, 6) is 1.56. The molecule has 0 radical (unpaired) electrons. The summed E-state index contributed by atoms with van der Waals surface area (Å²) in [6, 6.07) is 16.5. The van der Waals surface area contributed by atoms with Gasteiger partial charge in [-0.25, -0.2) is 0 Å². The molecule has 3 aromatic rings. The molecule has 0 saturated heterocycles. The van der Waals surface area contributed by atoms with Gasteiger partial charge in [0.25, 0.3) is 0 Å². The molecule has 1 aromatic heterocycles. The fraction of sp³-hybridized carbons (Fsp3) is 0.286. The monoisotopic (exact) mass is 364 g/mol. The van der Waals surface area contributed by atoms with Gasteiger partial charge in [0, 0.05) is 37.3 Å². The van der Waals surface area contributed by atoms with Gasteiger partial charge in [-0.3, -0.25) is 10.00 Å². The zero-order valence-electron chi connectivity index (χ0n) is 15.2. The third-order valence-electron chi connectivity index (χ3n) is 4.78. The first-order valence-electron chi connectivity index (χ1n) is 9.22. The Morgan fingerprint density at radius 1 is 1.04 bits per heavy atom. The van der Waals surface area contributed by atoms with E-state index >= 15 is 0 Å². The lowest BCUT2D eigenvalue weighted by Gasteiger charge is -2.21. The van der Waals surface area contributed by atoms with E-state index < -0.39 is 0 Å². The number of nitrogens with zero attached hydrogens (tertiary/aromatic N) is 2. The van der Waals surface area contributed by atoms with E-state index in [4.69, 9.17) is 15.2 Å². The van der Waals surface area contributed by atoms with Crippen molar-refractivity contribution in [2.24, 2.45) is 5.73 Å². The van der Waals surface area contributed by atoms with Crippen molar-refractivity contribution in [3.63, 3.8) is 0 Å². The zero-order valence-corrected chi connectivity index (χ0v) is 15.2. The number of nitrogens with two attached hydrogens (primary N) is 1. The van der Waals surface area contributed by atoms with Crippen molar-refractivity contribution in [1.82, 2.24) is 15.1 Å². The van der Waals surface area contributed by atoms with E-state index in [0.29, 0.717) is 6.54 Å². The minimum Gasteiger partial charge on any atom is -0.454 e. The largest absolute Gasteiger partial charge is 0.454 e. The van der Waals surface area contributed by atoms with Crippen LogP contribution in [0.5, 0.6) is 11.5 Å². The fourth-order valence-electron chi connectivity index (χ4n) is 3.36. The van der Waals surface area contributed by atoms with Gasteiger partial charge in [-0.05, 0) is 30.2 Å². The van der Waals surface area contributed by atoms with Gasteiger partial charge in [0.2, 0.25) is 6.79 Å². The van der Waals surface area contributed by atoms with E-state index in [-0.39, 0.29) is 6.79 Å². The van der Waals surface area contributed by atoms with Crippen LogP contribution in [-0.2, 0) is 13.0 Å². The fourth-order valence-corrected chi connectivity index (χ4v) is 3.36. The molecular formula is C21H24N4O2. The number of aromatic amines is 1. The lowest BCUT2D eigenvalue weighted by atomic mass is 10.1. The summed E-state index contributed by atoms with van der Waals surface area (Å²) < 4.78 is 10.9. The lowest BCUT2D eigenvalue weighted by molar-refractivity contribution is 0.174.